The van der Waals surface area contributed by atoms with Crippen LogP contribution in [0, 0.1) is 12.8 Å². The van der Waals surface area contributed by atoms with Gasteiger partial charge in [-0.15, -0.1) is 11.6 Å². The molecule has 2 aromatic carbocycles. The monoisotopic (exact) mass is 396 g/mol. The summed E-state index contributed by atoms with van der Waals surface area (Å²) in [5.41, 5.74) is 5.74. The van der Waals surface area contributed by atoms with Crippen molar-refractivity contribution in [2.75, 3.05) is 23.8 Å². The van der Waals surface area contributed by atoms with Crippen LogP contribution in [0.3, 0.4) is 0 Å². The van der Waals surface area contributed by atoms with Crippen LogP contribution >= 0.6 is 11.6 Å². The average molecular weight is 397 g/mol. The molecule has 4 rings (SSSR count). The number of alkyl halides is 1. The summed E-state index contributed by atoms with van der Waals surface area (Å²) in [6.07, 6.45) is 4.65. The summed E-state index contributed by atoms with van der Waals surface area (Å²) in [5.74, 6) is 1.40. The van der Waals surface area contributed by atoms with E-state index < -0.39 is 0 Å². The Labute approximate surface area is 170 Å². The first kappa shape index (κ1) is 18.9. The second-order valence-electron chi connectivity index (χ2n) is 7.62. The molecule has 0 aromatic heterocycles. The molecule has 0 bridgehead atoms. The molecule has 5 heteroatoms. The third-order valence-electron chi connectivity index (χ3n) is 5.37. The molecule has 146 valence electrons. The fourth-order valence-corrected chi connectivity index (χ4v) is 3.46. The second-order valence-corrected chi connectivity index (χ2v) is 8.28. The van der Waals surface area contributed by atoms with Gasteiger partial charge in [-0.3, -0.25) is 4.79 Å². The van der Waals surface area contributed by atoms with Gasteiger partial charge in [-0.25, -0.2) is 0 Å². The zero-order valence-electron chi connectivity index (χ0n) is 16.2. The van der Waals surface area contributed by atoms with Crippen LogP contribution < -0.4 is 15.4 Å². The van der Waals surface area contributed by atoms with E-state index >= 15 is 0 Å². The number of nitrogens with one attached hydrogen (secondary N) is 2. The van der Waals surface area contributed by atoms with E-state index in [0.29, 0.717) is 11.5 Å². The first-order valence-electron chi connectivity index (χ1n) is 9.77. The van der Waals surface area contributed by atoms with Gasteiger partial charge in [0.15, 0.2) is 0 Å². The number of hydrogen-bond acceptors (Lipinski definition) is 3. The predicted octanol–water partition coefficient (Wildman–Crippen LogP) is 5.47. The maximum absolute atomic E-state index is 12.7. The van der Waals surface area contributed by atoms with E-state index in [1.54, 1.807) is 12.1 Å². The van der Waals surface area contributed by atoms with Crippen LogP contribution in [0.5, 0.6) is 5.75 Å². The van der Waals surface area contributed by atoms with E-state index in [4.69, 9.17) is 16.3 Å². The quantitative estimate of drug-likeness (QED) is 0.636. The predicted molar refractivity (Wildman–Crippen MR) is 116 cm³/mol. The average Bonchev–Trinajstić information content (AvgIpc) is 3.53. The van der Waals surface area contributed by atoms with Crippen LogP contribution in [0.2, 0.25) is 0 Å². The van der Waals surface area contributed by atoms with Crippen molar-refractivity contribution < 1.29 is 9.53 Å². The van der Waals surface area contributed by atoms with Crippen LogP contribution in [-0.4, -0.2) is 24.4 Å². The minimum absolute atomic E-state index is 0.00318. The minimum Gasteiger partial charge on any atom is -0.493 e. The number of fused-ring (bicyclic) bond motifs is 1. The molecular formula is C23H25ClN2O2. The molecule has 2 aromatic rings. The third-order valence-corrected chi connectivity index (χ3v) is 5.65. The topological polar surface area (TPSA) is 50.4 Å². The summed E-state index contributed by atoms with van der Waals surface area (Å²) < 4.78 is 5.73. The number of hydrogen-bond donors (Lipinski definition) is 2. The first-order chi connectivity index (χ1) is 13.5. The normalized spacial score (nSPS) is 16.5. The maximum atomic E-state index is 12.7. The molecule has 1 aliphatic carbocycles. The molecular weight excluding hydrogens is 372 g/mol. The van der Waals surface area contributed by atoms with Crippen molar-refractivity contribution in [3.8, 4) is 5.75 Å². The van der Waals surface area contributed by atoms with Gasteiger partial charge in [-0.2, -0.15) is 0 Å². The molecule has 2 aliphatic rings. The number of rotatable bonds is 6. The van der Waals surface area contributed by atoms with Gasteiger partial charge in [-0.05, 0) is 79.6 Å². The van der Waals surface area contributed by atoms with E-state index in [0.717, 1.165) is 47.0 Å². The molecule has 0 radical (unpaired) electrons. The number of halogens is 1. The Hall–Kier alpha value is -2.46. The highest BCUT2D eigenvalue weighted by molar-refractivity contribution is 6.22. The van der Waals surface area contributed by atoms with Gasteiger partial charge in [0.1, 0.15) is 5.75 Å². The smallest absolute Gasteiger partial charge is 0.255 e. The van der Waals surface area contributed by atoms with Crippen molar-refractivity contribution in [1.29, 1.82) is 0 Å². The van der Waals surface area contributed by atoms with Crippen molar-refractivity contribution >= 4 is 35.0 Å². The van der Waals surface area contributed by atoms with Crippen molar-refractivity contribution in [3.63, 3.8) is 0 Å². The lowest BCUT2D eigenvalue weighted by atomic mass is 9.98. The minimum atomic E-state index is -0.127. The Morgan fingerprint density at radius 1 is 1.25 bits per heavy atom. The van der Waals surface area contributed by atoms with E-state index in [-0.39, 0.29) is 11.3 Å². The van der Waals surface area contributed by atoms with Crippen molar-refractivity contribution in [2.24, 2.45) is 5.92 Å². The summed E-state index contributed by atoms with van der Waals surface area (Å²) >= 11 is 6.21. The van der Waals surface area contributed by atoms with Gasteiger partial charge in [0.2, 0.25) is 0 Å². The molecule has 1 saturated carbocycles. The van der Waals surface area contributed by atoms with E-state index in [1.807, 2.05) is 38.1 Å². The Balaban J connectivity index is 1.46. The standard InChI is InChI=1S/C23H25ClN2O2/c1-14-21(10-7-18-11-19(15(2)24)12-25-22(14)18)26-23(27)17-5-8-20(9-6-17)28-13-16-3-4-16/h5-11,15-16,25H,3-4,12-13H2,1-2H3,(H,26,27). The SMILES string of the molecule is Cc1c(NC(=O)c2ccc(OCC3CC3)cc2)ccc2c1NCC(C(C)Cl)=C2. The van der Waals surface area contributed by atoms with Crippen LogP contribution in [0.25, 0.3) is 6.08 Å². The van der Waals surface area contributed by atoms with Gasteiger partial charge in [0.05, 0.1) is 12.0 Å². The van der Waals surface area contributed by atoms with Gasteiger partial charge >= 0.3 is 0 Å². The summed E-state index contributed by atoms with van der Waals surface area (Å²) in [5, 5.41) is 6.45. The fraction of sp³-hybridized carbons (Fsp3) is 0.348. The highest BCUT2D eigenvalue weighted by Gasteiger charge is 2.22. The highest BCUT2D eigenvalue weighted by atomic mass is 35.5. The third kappa shape index (κ3) is 4.17. The molecule has 1 fully saturated rings. The molecule has 4 nitrogen and oxygen atoms in total. The molecule has 0 saturated heterocycles. The summed E-state index contributed by atoms with van der Waals surface area (Å²) in [7, 11) is 0. The Bertz CT molecular complexity index is 915. The number of ether oxygens (including phenoxy) is 1. The zero-order chi connectivity index (χ0) is 19.7. The Kier molecular flexibility index (Phi) is 5.31. The van der Waals surface area contributed by atoms with Gasteiger partial charge in [0, 0.05) is 23.5 Å². The van der Waals surface area contributed by atoms with E-state index in [1.165, 1.54) is 12.8 Å². The molecule has 1 unspecified atom stereocenters. The molecule has 2 N–H and O–H groups in total. The summed E-state index contributed by atoms with van der Waals surface area (Å²) in [6.45, 7) is 5.48. The lowest BCUT2D eigenvalue weighted by Gasteiger charge is -2.23. The molecule has 1 amide bonds. The van der Waals surface area contributed by atoms with Crippen LogP contribution in [0.4, 0.5) is 11.4 Å². The van der Waals surface area contributed by atoms with Crippen LogP contribution in [-0.2, 0) is 0 Å². The Morgan fingerprint density at radius 3 is 2.68 bits per heavy atom. The summed E-state index contributed by atoms with van der Waals surface area (Å²) in [4.78, 5) is 12.7. The lowest BCUT2D eigenvalue weighted by molar-refractivity contribution is 0.102. The summed E-state index contributed by atoms with van der Waals surface area (Å²) in [6, 6.07) is 11.3. The van der Waals surface area contributed by atoms with E-state index in [9.17, 15) is 4.79 Å². The van der Waals surface area contributed by atoms with Crippen LogP contribution in [0.1, 0.15) is 41.3 Å². The maximum Gasteiger partial charge on any atom is 0.255 e. The molecule has 1 heterocycles. The largest absolute Gasteiger partial charge is 0.493 e. The van der Waals surface area contributed by atoms with E-state index in [2.05, 4.69) is 16.7 Å². The number of amides is 1. The fourth-order valence-electron chi connectivity index (χ4n) is 3.32. The first-order valence-corrected chi connectivity index (χ1v) is 10.2. The second kappa shape index (κ2) is 7.88. The highest BCUT2D eigenvalue weighted by Crippen LogP contribution is 2.34. The lowest BCUT2D eigenvalue weighted by Crippen LogP contribution is -2.18. The van der Waals surface area contributed by atoms with Crippen molar-refractivity contribution in [1.82, 2.24) is 0 Å². The number of anilines is 2. The van der Waals surface area contributed by atoms with Crippen molar-refractivity contribution in [3.05, 3.63) is 58.7 Å². The Morgan fingerprint density at radius 2 is 2.00 bits per heavy atom. The van der Waals surface area contributed by atoms with Gasteiger partial charge in [-0.1, -0.05) is 12.1 Å². The number of benzene rings is 2. The molecule has 1 aliphatic heterocycles. The zero-order valence-corrected chi connectivity index (χ0v) is 17.0. The van der Waals surface area contributed by atoms with Gasteiger partial charge in [0.25, 0.3) is 5.91 Å². The van der Waals surface area contributed by atoms with Gasteiger partial charge < -0.3 is 15.4 Å². The van der Waals surface area contributed by atoms with Crippen LogP contribution in [0.15, 0.2) is 42.0 Å². The molecule has 0 spiro atoms. The van der Waals surface area contributed by atoms with Crippen molar-refractivity contribution in [2.45, 2.75) is 32.1 Å². The number of carbonyl (C=O) groups is 1. The number of carbonyl (C=O) groups excluding carboxylic acids is 1. The molecule has 1 atom stereocenters. The molecule has 28 heavy (non-hydrogen) atoms.